The average molecular weight is 120 g/mol. The van der Waals surface area contributed by atoms with Gasteiger partial charge < -0.3 is 0 Å². The highest BCUT2D eigenvalue weighted by atomic mass is 16.3. The van der Waals surface area contributed by atoms with Crippen LogP contribution in [0.25, 0.3) is 0 Å². The normalized spacial score (nSPS) is 8.89. The van der Waals surface area contributed by atoms with Crippen molar-refractivity contribution < 1.29 is 0 Å². The first-order valence-corrected chi connectivity index (χ1v) is 2.67. The number of rotatable bonds is 2. The highest BCUT2D eigenvalue weighted by Crippen LogP contribution is 1.97. The summed E-state index contributed by atoms with van der Waals surface area (Å²) in [7, 11) is 0. The zero-order valence-electron chi connectivity index (χ0n) is 4.87. The summed E-state index contributed by atoms with van der Waals surface area (Å²) in [6.07, 6.45) is 0. The first kappa shape index (κ1) is 5.95. The van der Waals surface area contributed by atoms with E-state index in [0.717, 1.165) is 5.56 Å². The molecule has 1 aromatic rings. The molecule has 0 saturated carbocycles. The van der Waals surface area contributed by atoms with Crippen LogP contribution in [-0.2, 0) is 6.54 Å². The van der Waals surface area contributed by atoms with Crippen LogP contribution in [0.5, 0.6) is 0 Å². The van der Waals surface area contributed by atoms with Gasteiger partial charge in [-0.3, -0.25) is 0 Å². The van der Waals surface area contributed by atoms with E-state index in [0.29, 0.717) is 0 Å². The van der Waals surface area contributed by atoms with Crippen LogP contribution in [0.4, 0.5) is 0 Å². The van der Waals surface area contributed by atoms with E-state index < -0.39 is 0 Å². The maximum atomic E-state index is 9.71. The summed E-state index contributed by atoms with van der Waals surface area (Å²) in [5, 5.41) is 2.74. The smallest absolute Gasteiger partial charge is 0.106 e. The minimum atomic E-state index is 0.259. The van der Waals surface area contributed by atoms with Crippen molar-refractivity contribution >= 4 is 0 Å². The van der Waals surface area contributed by atoms with Crippen LogP contribution in [0, 0.1) is 11.0 Å². The lowest BCUT2D eigenvalue weighted by molar-refractivity contribution is 1.05. The zero-order chi connectivity index (χ0) is 6.53. The second-order valence-corrected chi connectivity index (χ2v) is 1.70. The number of hydrogen-bond donors (Lipinski definition) is 0. The summed E-state index contributed by atoms with van der Waals surface area (Å²) >= 11 is 0. The van der Waals surface area contributed by atoms with Crippen molar-refractivity contribution in [2.24, 2.45) is 5.18 Å². The van der Waals surface area contributed by atoms with E-state index in [2.05, 4.69) is 11.2 Å². The minimum Gasteiger partial charge on any atom is -0.150 e. The fraction of sp³-hybridized carbons (Fsp3) is 0.143. The summed E-state index contributed by atoms with van der Waals surface area (Å²) in [4.78, 5) is 9.71. The van der Waals surface area contributed by atoms with E-state index in [1.54, 1.807) is 12.1 Å². The Hall–Kier alpha value is -1.18. The van der Waals surface area contributed by atoms with Crippen molar-refractivity contribution in [3.63, 3.8) is 0 Å². The molecule has 0 fully saturated rings. The Bertz CT molecular complexity index is 183. The Morgan fingerprint density at radius 3 is 2.67 bits per heavy atom. The Labute approximate surface area is 53.5 Å². The monoisotopic (exact) mass is 120 g/mol. The molecule has 0 aliphatic heterocycles. The van der Waals surface area contributed by atoms with Gasteiger partial charge in [0.25, 0.3) is 0 Å². The molecule has 2 nitrogen and oxygen atoms in total. The Kier molecular flexibility index (Phi) is 1.96. The summed E-state index contributed by atoms with van der Waals surface area (Å²) in [5.74, 6) is 0. The molecule has 0 atom stereocenters. The van der Waals surface area contributed by atoms with Crippen LogP contribution >= 0.6 is 0 Å². The molecule has 0 saturated heterocycles. The Morgan fingerprint density at radius 2 is 2.11 bits per heavy atom. The largest absolute Gasteiger partial charge is 0.150 e. The number of hydrogen-bond acceptors (Lipinski definition) is 2. The molecule has 1 radical (unpaired) electrons. The van der Waals surface area contributed by atoms with Gasteiger partial charge in [0, 0.05) is 0 Å². The van der Waals surface area contributed by atoms with Gasteiger partial charge in [-0.1, -0.05) is 29.4 Å². The molecule has 45 valence electrons. The van der Waals surface area contributed by atoms with Crippen molar-refractivity contribution in [1.29, 1.82) is 0 Å². The van der Waals surface area contributed by atoms with Crippen LogP contribution in [0.3, 0.4) is 0 Å². The van der Waals surface area contributed by atoms with E-state index in [4.69, 9.17) is 0 Å². The second-order valence-electron chi connectivity index (χ2n) is 1.70. The van der Waals surface area contributed by atoms with Gasteiger partial charge in [0.15, 0.2) is 0 Å². The van der Waals surface area contributed by atoms with Crippen LogP contribution in [0.1, 0.15) is 5.56 Å². The predicted octanol–water partition coefficient (Wildman–Crippen LogP) is 1.75. The molecule has 0 heterocycles. The third kappa shape index (κ3) is 1.64. The van der Waals surface area contributed by atoms with Crippen LogP contribution < -0.4 is 0 Å². The maximum Gasteiger partial charge on any atom is 0.106 e. The minimum absolute atomic E-state index is 0.259. The van der Waals surface area contributed by atoms with Gasteiger partial charge in [-0.2, -0.15) is 4.91 Å². The number of nitrogens with zero attached hydrogens (tertiary/aromatic N) is 1. The highest BCUT2D eigenvalue weighted by molar-refractivity contribution is 5.13. The molecule has 0 aliphatic rings. The van der Waals surface area contributed by atoms with Crippen LogP contribution in [0.15, 0.2) is 29.4 Å². The van der Waals surface area contributed by atoms with Gasteiger partial charge in [0.2, 0.25) is 0 Å². The van der Waals surface area contributed by atoms with Gasteiger partial charge in [0.05, 0.1) is 0 Å². The molecule has 1 rings (SSSR count). The molecule has 9 heavy (non-hydrogen) atoms. The first-order valence-electron chi connectivity index (χ1n) is 2.67. The fourth-order valence-electron chi connectivity index (χ4n) is 0.601. The van der Waals surface area contributed by atoms with Crippen molar-refractivity contribution in [3.05, 3.63) is 40.8 Å². The van der Waals surface area contributed by atoms with E-state index >= 15 is 0 Å². The lowest BCUT2D eigenvalue weighted by Gasteiger charge is -1.87. The van der Waals surface area contributed by atoms with Gasteiger partial charge >= 0.3 is 0 Å². The molecule has 0 spiro atoms. The van der Waals surface area contributed by atoms with Gasteiger partial charge in [0.1, 0.15) is 6.54 Å². The van der Waals surface area contributed by atoms with Crippen molar-refractivity contribution in [1.82, 2.24) is 0 Å². The number of benzene rings is 1. The topological polar surface area (TPSA) is 29.4 Å². The van der Waals surface area contributed by atoms with Crippen molar-refractivity contribution in [3.8, 4) is 0 Å². The van der Waals surface area contributed by atoms with E-state index in [1.165, 1.54) is 0 Å². The van der Waals surface area contributed by atoms with Crippen LogP contribution in [0.2, 0.25) is 0 Å². The molecule has 0 aliphatic carbocycles. The molecule has 2 heteroatoms. The molecule has 0 aromatic heterocycles. The Morgan fingerprint density at radius 1 is 1.44 bits per heavy atom. The molecule has 1 aromatic carbocycles. The summed E-state index contributed by atoms with van der Waals surface area (Å²) in [5.41, 5.74) is 0.934. The number of nitroso groups, excluding NO2 is 1. The molecular formula is C7H6NO. The van der Waals surface area contributed by atoms with E-state index in [1.807, 2.05) is 12.1 Å². The maximum absolute atomic E-state index is 9.71. The van der Waals surface area contributed by atoms with Gasteiger partial charge in [-0.15, -0.1) is 0 Å². The molecule has 0 amide bonds. The third-order valence-corrected chi connectivity index (χ3v) is 1.03. The molecular weight excluding hydrogens is 114 g/mol. The lowest BCUT2D eigenvalue weighted by Crippen LogP contribution is -1.76. The highest BCUT2D eigenvalue weighted by Gasteiger charge is 1.85. The van der Waals surface area contributed by atoms with Crippen LogP contribution in [-0.4, -0.2) is 0 Å². The second kappa shape index (κ2) is 2.97. The lowest BCUT2D eigenvalue weighted by atomic mass is 10.2. The predicted molar refractivity (Wildman–Crippen MR) is 34.8 cm³/mol. The van der Waals surface area contributed by atoms with Crippen molar-refractivity contribution in [2.75, 3.05) is 0 Å². The fourth-order valence-corrected chi connectivity index (χ4v) is 0.601. The van der Waals surface area contributed by atoms with Gasteiger partial charge in [-0.25, -0.2) is 0 Å². The SMILES string of the molecule is O=NCc1cc[c]cc1. The third-order valence-electron chi connectivity index (χ3n) is 1.03. The summed E-state index contributed by atoms with van der Waals surface area (Å²) < 4.78 is 0. The molecule has 0 bridgehead atoms. The molecule has 0 unspecified atom stereocenters. The molecule has 0 N–H and O–H groups in total. The zero-order valence-corrected chi connectivity index (χ0v) is 4.87. The average Bonchev–Trinajstić information content (AvgIpc) is 1.91. The Balaban J connectivity index is 2.72. The van der Waals surface area contributed by atoms with Gasteiger partial charge in [-0.05, 0) is 11.6 Å². The standard InChI is InChI=1S/C7H6NO/c9-8-6-7-4-2-1-3-5-7/h2-5H,6H2. The quantitative estimate of drug-likeness (QED) is 0.547. The summed E-state index contributed by atoms with van der Waals surface area (Å²) in [6.45, 7) is 0.259. The van der Waals surface area contributed by atoms with Crippen molar-refractivity contribution in [2.45, 2.75) is 6.54 Å². The first-order chi connectivity index (χ1) is 4.43. The van der Waals surface area contributed by atoms with E-state index in [9.17, 15) is 4.91 Å². The van der Waals surface area contributed by atoms with E-state index in [-0.39, 0.29) is 6.54 Å². The summed E-state index contributed by atoms with van der Waals surface area (Å²) in [6, 6.07) is 10.0.